The summed E-state index contributed by atoms with van der Waals surface area (Å²) in [5, 5.41) is 12.5. The van der Waals surface area contributed by atoms with Crippen LogP contribution in [0.4, 0.5) is 0 Å². The molecule has 1 unspecified atom stereocenters. The van der Waals surface area contributed by atoms with Crippen LogP contribution in [0.15, 0.2) is 24.3 Å². The molecular weight excluding hydrogens is 240 g/mol. The summed E-state index contributed by atoms with van der Waals surface area (Å²) in [5.74, 6) is -0.164. The Morgan fingerprint density at radius 1 is 1.47 bits per heavy atom. The van der Waals surface area contributed by atoms with E-state index in [1.54, 1.807) is 0 Å². The summed E-state index contributed by atoms with van der Waals surface area (Å²) in [6.45, 7) is 1.49. The molecule has 4 heteroatoms. The average Bonchev–Trinajstić information content (AvgIpc) is 3.18. The zero-order valence-corrected chi connectivity index (χ0v) is 11.6. The van der Waals surface area contributed by atoms with E-state index in [2.05, 4.69) is 11.4 Å². The van der Waals surface area contributed by atoms with E-state index >= 15 is 0 Å². The molecule has 2 rings (SSSR count). The van der Waals surface area contributed by atoms with E-state index in [1.165, 1.54) is 18.4 Å². The van der Waals surface area contributed by atoms with E-state index in [1.807, 2.05) is 37.2 Å². The number of rotatable bonds is 7. The van der Waals surface area contributed by atoms with E-state index < -0.39 is 12.0 Å². The Labute approximate surface area is 114 Å². The fourth-order valence-electron chi connectivity index (χ4n) is 2.19. The van der Waals surface area contributed by atoms with Gasteiger partial charge in [0.05, 0.1) is 0 Å². The Morgan fingerprint density at radius 3 is 2.79 bits per heavy atom. The number of benzene rings is 1. The van der Waals surface area contributed by atoms with Crippen LogP contribution < -0.4 is 5.32 Å². The van der Waals surface area contributed by atoms with Gasteiger partial charge >= 0.3 is 5.97 Å². The lowest BCUT2D eigenvalue weighted by atomic mass is 10.0. The summed E-state index contributed by atoms with van der Waals surface area (Å²) in [6.07, 6.45) is 2.46. The molecule has 2 N–H and O–H groups in total. The normalized spacial score (nSPS) is 16.6. The van der Waals surface area contributed by atoms with Crippen LogP contribution in [-0.2, 0) is 4.79 Å². The highest BCUT2D eigenvalue weighted by Crippen LogP contribution is 2.40. The molecule has 1 aliphatic rings. The predicted molar refractivity (Wildman–Crippen MR) is 75.4 cm³/mol. The quantitative estimate of drug-likeness (QED) is 0.787. The van der Waals surface area contributed by atoms with Gasteiger partial charge < -0.3 is 10.0 Å². The second kappa shape index (κ2) is 6.17. The summed E-state index contributed by atoms with van der Waals surface area (Å²) < 4.78 is 0. The van der Waals surface area contributed by atoms with Gasteiger partial charge in [-0.1, -0.05) is 24.3 Å². The highest BCUT2D eigenvalue weighted by molar-refractivity contribution is 5.75. The molecule has 0 aliphatic heterocycles. The lowest BCUT2D eigenvalue weighted by molar-refractivity contribution is -0.139. The molecule has 0 radical (unpaired) electrons. The third kappa shape index (κ3) is 4.04. The van der Waals surface area contributed by atoms with E-state index in [-0.39, 0.29) is 0 Å². The van der Waals surface area contributed by atoms with Crippen molar-refractivity contribution in [3.05, 3.63) is 35.4 Å². The van der Waals surface area contributed by atoms with Gasteiger partial charge in [0.15, 0.2) is 0 Å². The van der Waals surface area contributed by atoms with Crippen molar-refractivity contribution in [2.75, 3.05) is 27.2 Å². The van der Waals surface area contributed by atoms with Crippen LogP contribution in [0.25, 0.3) is 0 Å². The topological polar surface area (TPSA) is 52.6 Å². The number of carboxylic acid groups (broad SMARTS) is 1. The van der Waals surface area contributed by atoms with Gasteiger partial charge in [0.25, 0.3) is 0 Å². The molecule has 0 saturated heterocycles. The molecule has 4 nitrogen and oxygen atoms in total. The zero-order chi connectivity index (χ0) is 13.8. The minimum Gasteiger partial charge on any atom is -0.480 e. The van der Waals surface area contributed by atoms with Gasteiger partial charge in [-0.25, -0.2) is 0 Å². The number of aliphatic carboxylic acids is 1. The van der Waals surface area contributed by atoms with Crippen LogP contribution >= 0.6 is 0 Å². The molecule has 1 saturated carbocycles. The van der Waals surface area contributed by atoms with Crippen molar-refractivity contribution in [3.63, 3.8) is 0 Å². The number of carbonyl (C=O) groups is 1. The van der Waals surface area contributed by atoms with Crippen molar-refractivity contribution in [2.45, 2.75) is 24.8 Å². The van der Waals surface area contributed by atoms with Crippen molar-refractivity contribution in [1.82, 2.24) is 10.2 Å². The Kier molecular flexibility index (Phi) is 4.56. The Morgan fingerprint density at radius 2 is 2.21 bits per heavy atom. The maximum atomic E-state index is 11.4. The molecule has 19 heavy (non-hydrogen) atoms. The first-order chi connectivity index (χ1) is 9.08. The fourth-order valence-corrected chi connectivity index (χ4v) is 2.19. The van der Waals surface area contributed by atoms with E-state index in [0.29, 0.717) is 12.5 Å². The molecular formula is C15H22N2O2. The van der Waals surface area contributed by atoms with Gasteiger partial charge in [-0.3, -0.25) is 10.1 Å². The molecule has 104 valence electrons. The largest absolute Gasteiger partial charge is 0.480 e. The molecule has 0 aromatic heterocycles. The first-order valence-electron chi connectivity index (χ1n) is 6.78. The van der Waals surface area contributed by atoms with Crippen molar-refractivity contribution in [3.8, 4) is 0 Å². The average molecular weight is 262 g/mol. The molecule has 1 aromatic carbocycles. The molecule has 1 aromatic rings. The third-order valence-electron chi connectivity index (χ3n) is 3.45. The maximum absolute atomic E-state index is 11.4. The highest BCUT2D eigenvalue weighted by Gasteiger charge is 2.25. The van der Waals surface area contributed by atoms with Crippen molar-refractivity contribution in [2.24, 2.45) is 0 Å². The van der Waals surface area contributed by atoms with E-state index in [4.69, 9.17) is 0 Å². The Hall–Kier alpha value is -1.39. The number of nitrogens with one attached hydrogen (secondary N) is 1. The van der Waals surface area contributed by atoms with Crippen LogP contribution in [0, 0.1) is 0 Å². The van der Waals surface area contributed by atoms with Crippen LogP contribution in [0.2, 0.25) is 0 Å². The van der Waals surface area contributed by atoms with Gasteiger partial charge in [0, 0.05) is 13.1 Å². The van der Waals surface area contributed by atoms with Crippen molar-refractivity contribution >= 4 is 5.97 Å². The molecule has 0 bridgehead atoms. The SMILES string of the molecule is CN(C)CCNC(C(=O)O)c1cccc(C2CC2)c1. The van der Waals surface area contributed by atoms with Crippen LogP contribution in [0.1, 0.15) is 35.9 Å². The van der Waals surface area contributed by atoms with Crippen molar-refractivity contribution < 1.29 is 9.90 Å². The third-order valence-corrected chi connectivity index (χ3v) is 3.45. The van der Waals surface area contributed by atoms with Gasteiger partial charge in [0.2, 0.25) is 0 Å². The molecule has 1 fully saturated rings. The smallest absolute Gasteiger partial charge is 0.325 e. The number of nitrogens with zero attached hydrogens (tertiary/aromatic N) is 1. The summed E-state index contributed by atoms with van der Waals surface area (Å²) in [6, 6.07) is 7.39. The summed E-state index contributed by atoms with van der Waals surface area (Å²) in [4.78, 5) is 13.4. The Balaban J connectivity index is 2.05. The number of carboxylic acids is 1. The lowest BCUT2D eigenvalue weighted by Crippen LogP contribution is -2.33. The minimum absolute atomic E-state index is 0.612. The molecule has 1 atom stereocenters. The Bertz CT molecular complexity index is 442. The van der Waals surface area contributed by atoms with Crippen molar-refractivity contribution in [1.29, 1.82) is 0 Å². The first-order valence-corrected chi connectivity index (χ1v) is 6.78. The van der Waals surface area contributed by atoms with Crippen LogP contribution in [0.3, 0.4) is 0 Å². The summed E-state index contributed by atoms with van der Waals surface area (Å²) >= 11 is 0. The van der Waals surface area contributed by atoms with Gasteiger partial charge in [-0.05, 0) is 44.0 Å². The summed E-state index contributed by atoms with van der Waals surface area (Å²) in [7, 11) is 3.95. The molecule has 0 amide bonds. The summed E-state index contributed by atoms with van der Waals surface area (Å²) in [5.41, 5.74) is 2.13. The monoisotopic (exact) mass is 262 g/mol. The van der Waals surface area contributed by atoms with Gasteiger partial charge in [-0.2, -0.15) is 0 Å². The number of likely N-dealkylation sites (N-methyl/N-ethyl adjacent to an activating group) is 1. The van der Waals surface area contributed by atoms with E-state index in [9.17, 15) is 9.90 Å². The maximum Gasteiger partial charge on any atom is 0.325 e. The number of hydrogen-bond donors (Lipinski definition) is 2. The second-order valence-corrected chi connectivity index (χ2v) is 5.47. The predicted octanol–water partition coefficient (Wildman–Crippen LogP) is 1.84. The first kappa shape index (κ1) is 14.0. The lowest BCUT2D eigenvalue weighted by Gasteiger charge is -2.17. The second-order valence-electron chi connectivity index (χ2n) is 5.47. The van der Waals surface area contributed by atoms with Gasteiger partial charge in [0.1, 0.15) is 6.04 Å². The minimum atomic E-state index is -0.813. The highest BCUT2D eigenvalue weighted by atomic mass is 16.4. The van der Waals surface area contributed by atoms with Crippen LogP contribution in [0.5, 0.6) is 0 Å². The standard InChI is InChI=1S/C15H22N2O2/c1-17(2)9-8-16-14(15(18)19)13-5-3-4-12(10-13)11-6-7-11/h3-5,10-11,14,16H,6-9H2,1-2H3,(H,18,19). The molecule has 0 spiro atoms. The van der Waals surface area contributed by atoms with E-state index in [0.717, 1.165) is 12.1 Å². The fraction of sp³-hybridized carbons (Fsp3) is 0.533. The number of hydrogen-bond acceptors (Lipinski definition) is 3. The van der Waals surface area contributed by atoms with Gasteiger partial charge in [-0.15, -0.1) is 0 Å². The molecule has 0 heterocycles. The zero-order valence-electron chi connectivity index (χ0n) is 11.6. The molecule has 1 aliphatic carbocycles. The van der Waals surface area contributed by atoms with Crippen LogP contribution in [-0.4, -0.2) is 43.2 Å².